The Morgan fingerprint density at radius 1 is 1.11 bits per heavy atom. The van der Waals surface area contributed by atoms with E-state index in [-0.39, 0.29) is 23.8 Å². The molecule has 0 spiro atoms. The Morgan fingerprint density at radius 3 is 2.61 bits per heavy atom. The summed E-state index contributed by atoms with van der Waals surface area (Å²) in [7, 11) is 0. The predicted octanol–water partition coefficient (Wildman–Crippen LogP) is 4.61. The lowest BCUT2D eigenvalue weighted by molar-refractivity contribution is 0.0506. The highest BCUT2D eigenvalue weighted by molar-refractivity contribution is 6.36. The van der Waals surface area contributed by atoms with E-state index in [1.165, 1.54) is 19.3 Å². The number of nitrogens with zero attached hydrogens (tertiary/aromatic N) is 4. The zero-order chi connectivity index (χ0) is 24.8. The number of benzene rings is 2. The standard InChI is InChI=1S/C27H26ClFN4O3/c28-21-6-2-4-17-3-1-5-19(22(17)21)24-23(29)25-20(10-30-24)26(32-27(31-25)36-14-18(35)13-34)33-11-15-7-8-16(9-15)12-33/h1-6,10,15-16,18,34-35H,7-9,11-14H2/t15?,16?,18-/m0/s1. The third-order valence-corrected chi connectivity index (χ3v) is 7.59. The largest absolute Gasteiger partial charge is 0.461 e. The number of rotatable bonds is 6. The number of pyridine rings is 1. The minimum Gasteiger partial charge on any atom is -0.461 e. The molecule has 36 heavy (non-hydrogen) atoms. The lowest BCUT2D eigenvalue weighted by atomic mass is 9.98. The van der Waals surface area contributed by atoms with E-state index in [4.69, 9.17) is 21.4 Å². The molecule has 2 N–H and O–H groups in total. The molecule has 2 aromatic carbocycles. The maximum Gasteiger partial charge on any atom is 0.319 e. The molecule has 9 heteroatoms. The molecule has 1 saturated heterocycles. The molecule has 3 atom stereocenters. The van der Waals surface area contributed by atoms with E-state index in [0.29, 0.717) is 33.6 Å². The number of fused-ring (bicyclic) bond motifs is 4. The van der Waals surface area contributed by atoms with Gasteiger partial charge in [-0.05, 0) is 42.6 Å². The van der Waals surface area contributed by atoms with E-state index in [0.717, 1.165) is 23.9 Å². The third kappa shape index (κ3) is 4.13. The number of halogens is 2. The van der Waals surface area contributed by atoms with E-state index in [9.17, 15) is 5.11 Å². The van der Waals surface area contributed by atoms with Crippen molar-refractivity contribution in [1.82, 2.24) is 15.0 Å². The Balaban J connectivity index is 1.51. The van der Waals surface area contributed by atoms with E-state index >= 15 is 4.39 Å². The Bertz CT molecular complexity index is 1430. The first kappa shape index (κ1) is 23.3. The lowest BCUT2D eigenvalue weighted by Crippen LogP contribution is -2.37. The summed E-state index contributed by atoms with van der Waals surface area (Å²) in [6.45, 7) is 1.01. The first-order valence-electron chi connectivity index (χ1n) is 12.2. The second-order valence-electron chi connectivity index (χ2n) is 9.75. The molecule has 1 aliphatic carbocycles. The van der Waals surface area contributed by atoms with Gasteiger partial charge < -0.3 is 19.8 Å². The Hall–Kier alpha value is -3.07. The normalized spacial score (nSPS) is 20.3. The average molecular weight is 509 g/mol. The topological polar surface area (TPSA) is 91.6 Å². The number of aliphatic hydroxyl groups is 2. The molecule has 7 nitrogen and oxygen atoms in total. The summed E-state index contributed by atoms with van der Waals surface area (Å²) in [4.78, 5) is 15.7. The lowest BCUT2D eigenvalue weighted by Gasteiger charge is -2.33. The van der Waals surface area contributed by atoms with Crippen LogP contribution in [0, 0.1) is 17.7 Å². The van der Waals surface area contributed by atoms with Gasteiger partial charge in [0.25, 0.3) is 0 Å². The van der Waals surface area contributed by atoms with Crippen molar-refractivity contribution in [2.75, 3.05) is 31.2 Å². The van der Waals surface area contributed by atoms with Gasteiger partial charge in [0.1, 0.15) is 29.7 Å². The van der Waals surface area contributed by atoms with E-state index < -0.39 is 18.5 Å². The molecule has 2 aromatic heterocycles. The van der Waals surface area contributed by atoms with Crippen molar-refractivity contribution in [3.8, 4) is 17.3 Å². The molecule has 2 bridgehead atoms. The fraction of sp³-hybridized carbons (Fsp3) is 0.370. The first-order valence-corrected chi connectivity index (χ1v) is 12.6. The average Bonchev–Trinajstić information content (AvgIpc) is 3.24. The van der Waals surface area contributed by atoms with Crippen molar-refractivity contribution in [2.45, 2.75) is 25.4 Å². The number of hydrogen-bond donors (Lipinski definition) is 2. The van der Waals surface area contributed by atoms with Crippen molar-refractivity contribution in [3.63, 3.8) is 0 Å². The van der Waals surface area contributed by atoms with Crippen LogP contribution in [0.5, 0.6) is 6.01 Å². The van der Waals surface area contributed by atoms with E-state index in [1.807, 2.05) is 24.3 Å². The highest BCUT2D eigenvalue weighted by Gasteiger charge is 2.34. The quantitative estimate of drug-likeness (QED) is 0.393. The van der Waals surface area contributed by atoms with Crippen LogP contribution in [0.1, 0.15) is 19.3 Å². The number of piperidine rings is 1. The highest BCUT2D eigenvalue weighted by atomic mass is 35.5. The molecule has 186 valence electrons. The molecule has 4 aromatic rings. The number of ether oxygens (including phenoxy) is 1. The highest BCUT2D eigenvalue weighted by Crippen LogP contribution is 2.41. The summed E-state index contributed by atoms with van der Waals surface area (Å²) in [5, 5.41) is 21.6. The van der Waals surface area contributed by atoms with Crippen LogP contribution in [0.25, 0.3) is 32.9 Å². The van der Waals surface area contributed by atoms with Crippen molar-refractivity contribution >= 4 is 39.1 Å². The maximum absolute atomic E-state index is 16.2. The van der Waals surface area contributed by atoms with Crippen molar-refractivity contribution < 1.29 is 19.3 Å². The summed E-state index contributed by atoms with van der Waals surface area (Å²) >= 11 is 6.51. The first-order chi connectivity index (χ1) is 17.5. The van der Waals surface area contributed by atoms with Gasteiger partial charge in [-0.3, -0.25) is 4.98 Å². The van der Waals surface area contributed by atoms with Gasteiger partial charge in [-0.1, -0.05) is 41.9 Å². The maximum atomic E-state index is 16.2. The molecular weight excluding hydrogens is 483 g/mol. The minimum absolute atomic E-state index is 0.0464. The molecular formula is C27H26ClFN4O3. The summed E-state index contributed by atoms with van der Waals surface area (Å²) in [6.07, 6.45) is 4.13. The molecule has 2 fully saturated rings. The molecule has 3 heterocycles. The predicted molar refractivity (Wildman–Crippen MR) is 137 cm³/mol. The number of aromatic nitrogens is 3. The monoisotopic (exact) mass is 508 g/mol. The van der Waals surface area contributed by atoms with E-state index in [1.54, 1.807) is 18.3 Å². The third-order valence-electron chi connectivity index (χ3n) is 7.27. The Morgan fingerprint density at radius 2 is 1.86 bits per heavy atom. The zero-order valence-electron chi connectivity index (χ0n) is 19.6. The zero-order valence-corrected chi connectivity index (χ0v) is 20.3. The fourth-order valence-corrected chi connectivity index (χ4v) is 5.90. The van der Waals surface area contributed by atoms with Crippen LogP contribution in [0.15, 0.2) is 42.6 Å². The van der Waals surface area contributed by atoms with Crippen LogP contribution >= 0.6 is 11.6 Å². The van der Waals surface area contributed by atoms with Gasteiger partial charge in [0.15, 0.2) is 5.82 Å². The molecule has 1 saturated carbocycles. The van der Waals surface area contributed by atoms with E-state index in [2.05, 4.69) is 19.9 Å². The van der Waals surface area contributed by atoms with Crippen LogP contribution in [0.4, 0.5) is 10.2 Å². The number of hydrogen-bond acceptors (Lipinski definition) is 7. The Kier molecular flexibility index (Phi) is 6.11. The van der Waals surface area contributed by atoms with Crippen molar-refractivity contribution in [2.24, 2.45) is 11.8 Å². The molecule has 0 radical (unpaired) electrons. The van der Waals surface area contributed by atoms with Crippen LogP contribution in [0.3, 0.4) is 0 Å². The summed E-state index contributed by atoms with van der Waals surface area (Å²) in [6, 6.07) is 11.1. The van der Waals surface area contributed by atoms with Crippen molar-refractivity contribution in [1.29, 1.82) is 0 Å². The summed E-state index contributed by atoms with van der Waals surface area (Å²) in [5.41, 5.74) is 0.818. The Labute approximate surface area is 212 Å². The number of aliphatic hydroxyl groups excluding tert-OH is 2. The minimum atomic E-state index is -1.09. The van der Waals surface area contributed by atoms with Gasteiger partial charge in [-0.15, -0.1) is 0 Å². The van der Waals surface area contributed by atoms with Crippen LogP contribution in [-0.4, -0.2) is 57.6 Å². The van der Waals surface area contributed by atoms with Gasteiger partial charge in [0.05, 0.1) is 12.0 Å². The second-order valence-corrected chi connectivity index (χ2v) is 10.2. The number of anilines is 1. The molecule has 0 amide bonds. The van der Waals surface area contributed by atoms with Gasteiger partial charge in [-0.2, -0.15) is 9.97 Å². The van der Waals surface area contributed by atoms with Crippen LogP contribution in [-0.2, 0) is 0 Å². The fourth-order valence-electron chi connectivity index (χ4n) is 5.61. The molecule has 2 unspecified atom stereocenters. The van der Waals surface area contributed by atoms with Gasteiger partial charge in [0, 0.05) is 35.3 Å². The summed E-state index contributed by atoms with van der Waals surface area (Å²) < 4.78 is 21.8. The molecule has 1 aliphatic heterocycles. The van der Waals surface area contributed by atoms with Gasteiger partial charge in [0.2, 0.25) is 0 Å². The van der Waals surface area contributed by atoms with Gasteiger partial charge >= 0.3 is 6.01 Å². The smallest absolute Gasteiger partial charge is 0.319 e. The summed E-state index contributed by atoms with van der Waals surface area (Å²) in [5.74, 6) is 1.17. The van der Waals surface area contributed by atoms with Crippen LogP contribution < -0.4 is 9.64 Å². The second kappa shape index (κ2) is 9.42. The van der Waals surface area contributed by atoms with Gasteiger partial charge in [-0.25, -0.2) is 4.39 Å². The SMILES string of the molecule is OC[C@H](O)COc1nc(N2CC3CCC(C3)C2)c2cnc(-c3cccc4cccc(Cl)c34)c(F)c2n1. The molecule has 6 rings (SSSR count). The molecule has 2 aliphatic rings. The van der Waals surface area contributed by atoms with Crippen molar-refractivity contribution in [3.05, 3.63) is 53.4 Å². The van der Waals surface area contributed by atoms with Crippen LogP contribution in [0.2, 0.25) is 5.02 Å².